The van der Waals surface area contributed by atoms with E-state index in [0.717, 1.165) is 30.0 Å². The number of pyridine rings is 1. The lowest BCUT2D eigenvalue weighted by molar-refractivity contribution is -0.143. The number of nitrogens with one attached hydrogen (secondary N) is 1. The van der Waals surface area contributed by atoms with Crippen molar-refractivity contribution in [3.05, 3.63) is 45.7 Å². The number of ether oxygens (including phenoxy) is 5. The Morgan fingerprint density at radius 2 is 1.78 bits per heavy atom. The minimum atomic E-state index is -2.05. The van der Waals surface area contributed by atoms with Crippen LogP contribution >= 0.6 is 11.6 Å². The molecule has 304 valence electrons. The summed E-state index contributed by atoms with van der Waals surface area (Å²) in [6, 6.07) is 6.30. The van der Waals surface area contributed by atoms with Gasteiger partial charge in [0.15, 0.2) is 20.1 Å². The van der Waals surface area contributed by atoms with Gasteiger partial charge in [0.25, 0.3) is 0 Å². The maximum absolute atomic E-state index is 15.7. The number of anilines is 1. The van der Waals surface area contributed by atoms with Gasteiger partial charge in [0.2, 0.25) is 0 Å². The lowest BCUT2D eigenvalue weighted by Crippen LogP contribution is -2.47. The fraction of sp³-hybridized carbons (Fsp3) is 0.675. The number of aryl methyl sites for hydroxylation is 2. The number of imidazole rings is 1. The van der Waals surface area contributed by atoms with Crippen molar-refractivity contribution >= 4 is 50.9 Å². The number of unbranched alkanes of at least 4 members (excludes halogenated alkanes) is 1. The van der Waals surface area contributed by atoms with Gasteiger partial charge in [0, 0.05) is 26.7 Å². The Balaban J connectivity index is 1.20. The zero-order valence-corrected chi connectivity index (χ0v) is 36.8. The van der Waals surface area contributed by atoms with Crippen molar-refractivity contribution in [3.63, 3.8) is 0 Å². The van der Waals surface area contributed by atoms with Gasteiger partial charge in [0.05, 0.1) is 37.0 Å². The van der Waals surface area contributed by atoms with Gasteiger partial charge in [-0.25, -0.2) is 9.37 Å². The van der Waals surface area contributed by atoms with Gasteiger partial charge in [-0.1, -0.05) is 71.4 Å². The van der Waals surface area contributed by atoms with E-state index in [0.29, 0.717) is 79.3 Å². The Morgan fingerprint density at radius 3 is 2.49 bits per heavy atom. The molecule has 1 unspecified atom stereocenters. The first-order valence-corrected chi connectivity index (χ1v) is 26.9. The van der Waals surface area contributed by atoms with Gasteiger partial charge in [-0.2, -0.15) is 4.98 Å². The third kappa shape index (κ3) is 9.93. The number of hydrogen-bond donors (Lipinski definition) is 1. The maximum atomic E-state index is 15.7. The molecule has 0 bridgehead atoms. The van der Waals surface area contributed by atoms with Gasteiger partial charge >= 0.3 is 12.0 Å². The van der Waals surface area contributed by atoms with Gasteiger partial charge in [0.1, 0.15) is 36.1 Å². The first-order chi connectivity index (χ1) is 25.9. The van der Waals surface area contributed by atoms with Crippen LogP contribution in [-0.4, -0.2) is 87.7 Å². The van der Waals surface area contributed by atoms with Crippen molar-refractivity contribution in [3.8, 4) is 6.01 Å². The van der Waals surface area contributed by atoms with Crippen LogP contribution in [0.1, 0.15) is 76.1 Å². The second-order valence-electron chi connectivity index (χ2n) is 18.0. The number of nitrogens with zero attached hydrogens (tertiary/aromatic N) is 3. The first-order valence-electron chi connectivity index (χ1n) is 19.9. The second kappa shape index (κ2) is 17.1. The van der Waals surface area contributed by atoms with Crippen molar-refractivity contribution in [1.82, 2.24) is 14.5 Å². The number of esters is 1. The molecule has 1 N–H and O–H groups in total. The van der Waals surface area contributed by atoms with Gasteiger partial charge in [-0.3, -0.25) is 9.36 Å². The van der Waals surface area contributed by atoms with Crippen LogP contribution in [0.15, 0.2) is 18.2 Å². The van der Waals surface area contributed by atoms with E-state index in [9.17, 15) is 4.79 Å². The van der Waals surface area contributed by atoms with Crippen LogP contribution < -0.4 is 10.1 Å². The molecule has 2 saturated heterocycles. The number of fused-ring (bicyclic) bond motifs is 3. The molecule has 5 atom stereocenters. The predicted octanol–water partition coefficient (Wildman–Crippen LogP) is 8.85. The van der Waals surface area contributed by atoms with E-state index in [1.54, 1.807) is 6.07 Å². The largest absolute Gasteiger partial charge is 0.466 e. The normalized spacial score (nSPS) is 22.6. The first kappa shape index (κ1) is 42.0. The standard InChI is InChI=1S/C40H60ClFN4O7Si2/c1-10-11-16-49-33(47)15-12-25-19-26-13-14-29(34(26)28(42)20-25)43-37-27(41)21-30-38(45-37)46(24-48-17-18-54(5,6)7)39(44-30)52-31-22-50-36-32(23-51-35(31)36)53-55(8,9)40(2,3)4/h19-21,29,31-32,35-36H,10-18,22-24H2,1-9H3,(H,43,45)/t29-,31+,32?,35+,36+/m0/s1. The molecule has 15 heteroatoms. The molecule has 2 aliphatic heterocycles. The number of carbonyl (C=O) groups is 1. The fourth-order valence-electron chi connectivity index (χ4n) is 7.05. The summed E-state index contributed by atoms with van der Waals surface area (Å²) in [5.41, 5.74) is 3.40. The summed E-state index contributed by atoms with van der Waals surface area (Å²) in [5, 5.41) is 3.86. The Kier molecular flexibility index (Phi) is 13.1. The molecule has 0 saturated carbocycles. The number of carbonyl (C=O) groups excluding carboxylic acids is 1. The molecular weight excluding hydrogens is 759 g/mol. The average molecular weight is 820 g/mol. The van der Waals surface area contributed by atoms with Crippen LogP contribution in [0.2, 0.25) is 48.8 Å². The number of hydrogen-bond acceptors (Lipinski definition) is 10. The monoisotopic (exact) mass is 818 g/mol. The van der Waals surface area contributed by atoms with Crippen LogP contribution in [0.5, 0.6) is 6.01 Å². The summed E-state index contributed by atoms with van der Waals surface area (Å²) >= 11 is 6.84. The molecule has 3 aliphatic rings. The molecule has 2 aromatic heterocycles. The van der Waals surface area contributed by atoms with E-state index in [4.69, 9.17) is 49.7 Å². The van der Waals surface area contributed by atoms with Crippen molar-refractivity contribution in [2.24, 2.45) is 0 Å². The van der Waals surface area contributed by atoms with Crippen LogP contribution in [-0.2, 0) is 47.7 Å². The van der Waals surface area contributed by atoms with E-state index in [2.05, 4.69) is 58.8 Å². The van der Waals surface area contributed by atoms with Crippen molar-refractivity contribution in [1.29, 1.82) is 0 Å². The summed E-state index contributed by atoms with van der Waals surface area (Å²) in [6.45, 7) is 22.1. The highest BCUT2D eigenvalue weighted by Gasteiger charge is 2.52. The second-order valence-corrected chi connectivity index (χ2v) is 28.7. The third-order valence-corrected chi connectivity index (χ3v) is 17.8. The topological polar surface area (TPSA) is 115 Å². The predicted molar refractivity (Wildman–Crippen MR) is 218 cm³/mol. The zero-order chi connectivity index (χ0) is 39.7. The fourth-order valence-corrected chi connectivity index (χ4v) is 9.32. The van der Waals surface area contributed by atoms with Gasteiger partial charge in [-0.05, 0) is 73.1 Å². The highest BCUT2D eigenvalue weighted by molar-refractivity contribution is 6.76. The lowest BCUT2D eigenvalue weighted by atomic mass is 10.0. The Hall–Kier alpha value is -2.60. The molecule has 0 amide bonds. The molecule has 0 radical (unpaired) electrons. The molecule has 11 nitrogen and oxygen atoms in total. The highest BCUT2D eigenvalue weighted by atomic mass is 35.5. The average Bonchev–Trinajstić information content (AvgIpc) is 3.86. The summed E-state index contributed by atoms with van der Waals surface area (Å²) < 4.78 is 54.9. The van der Waals surface area contributed by atoms with Crippen LogP contribution in [0.4, 0.5) is 10.2 Å². The number of rotatable bonds is 17. The summed E-state index contributed by atoms with van der Waals surface area (Å²) in [6.07, 6.45) is 2.71. The molecule has 55 heavy (non-hydrogen) atoms. The van der Waals surface area contributed by atoms with E-state index < -0.39 is 22.5 Å². The Labute approximate surface area is 332 Å². The SMILES string of the molecule is CCCCOC(=O)CCc1cc(F)c2c(c1)CC[C@@H]2Nc1nc2c(cc1Cl)nc(O[C@@H]1CO[C@@H]3C(O[Si](C)(C)C(C)(C)C)CO[C@@H]31)n2COCC[Si](C)(C)C. The van der Waals surface area contributed by atoms with Crippen molar-refractivity contribution in [2.45, 2.75) is 147 Å². The summed E-state index contributed by atoms with van der Waals surface area (Å²) in [4.78, 5) is 22.0. The van der Waals surface area contributed by atoms with Gasteiger partial charge < -0.3 is 33.4 Å². The molecule has 1 aromatic carbocycles. The molecular formula is C40H60ClFN4O7Si2. The minimum Gasteiger partial charge on any atom is -0.466 e. The number of aromatic nitrogens is 3. The van der Waals surface area contributed by atoms with Gasteiger partial charge in [-0.15, -0.1) is 0 Å². The Bertz CT molecular complexity index is 1830. The highest BCUT2D eigenvalue weighted by Crippen LogP contribution is 2.42. The molecule has 1 aliphatic carbocycles. The quantitative estimate of drug-likeness (QED) is 0.0805. The van der Waals surface area contributed by atoms with Crippen LogP contribution in [0, 0.1) is 5.82 Å². The Morgan fingerprint density at radius 1 is 1.05 bits per heavy atom. The van der Waals surface area contributed by atoms with Crippen molar-refractivity contribution in [2.75, 3.05) is 31.7 Å². The molecule has 0 spiro atoms. The lowest BCUT2D eigenvalue weighted by Gasteiger charge is -2.39. The molecule has 3 aromatic rings. The van der Waals surface area contributed by atoms with Crippen LogP contribution in [0.25, 0.3) is 11.2 Å². The molecule has 2 fully saturated rings. The van der Waals surface area contributed by atoms with E-state index in [-0.39, 0.29) is 54.3 Å². The number of halogens is 2. The van der Waals surface area contributed by atoms with E-state index >= 15 is 4.39 Å². The zero-order valence-electron chi connectivity index (χ0n) is 34.1. The summed E-state index contributed by atoms with van der Waals surface area (Å²) in [5.74, 6) is -0.139. The third-order valence-electron chi connectivity index (χ3n) is 11.3. The van der Waals surface area contributed by atoms with E-state index in [1.165, 1.54) is 6.07 Å². The van der Waals surface area contributed by atoms with E-state index in [1.807, 2.05) is 17.6 Å². The number of benzene rings is 1. The maximum Gasteiger partial charge on any atom is 0.306 e. The summed E-state index contributed by atoms with van der Waals surface area (Å²) in [7, 11) is -3.38. The van der Waals surface area contributed by atoms with Crippen molar-refractivity contribution < 1.29 is 37.3 Å². The van der Waals surface area contributed by atoms with Crippen LogP contribution in [0.3, 0.4) is 0 Å². The molecule has 4 heterocycles. The molecule has 6 rings (SSSR count). The smallest absolute Gasteiger partial charge is 0.306 e. The minimum absolute atomic E-state index is 0.0621.